The zero-order valence-corrected chi connectivity index (χ0v) is 13.5. The average Bonchev–Trinajstić information content (AvgIpc) is 3.19. The Morgan fingerprint density at radius 1 is 1.41 bits per heavy atom. The summed E-state index contributed by atoms with van der Waals surface area (Å²) in [5.74, 6) is 0.0695. The number of nitrogens with zero attached hydrogens (tertiary/aromatic N) is 2. The molecule has 22 heavy (non-hydrogen) atoms. The Morgan fingerprint density at radius 3 is 2.91 bits per heavy atom. The summed E-state index contributed by atoms with van der Waals surface area (Å²) < 4.78 is 5.74. The summed E-state index contributed by atoms with van der Waals surface area (Å²) in [7, 11) is 0. The van der Waals surface area contributed by atoms with Gasteiger partial charge in [-0.2, -0.15) is 11.3 Å². The first-order valence-electron chi connectivity index (χ1n) is 7.51. The zero-order chi connectivity index (χ0) is 15.4. The van der Waals surface area contributed by atoms with Crippen LogP contribution in [0.4, 0.5) is 0 Å². The van der Waals surface area contributed by atoms with Crippen molar-refractivity contribution >= 4 is 17.2 Å². The number of pyridine rings is 1. The summed E-state index contributed by atoms with van der Waals surface area (Å²) in [5, 5.41) is 4.12. The lowest BCUT2D eigenvalue weighted by atomic mass is 10.0. The number of aromatic nitrogens is 1. The molecule has 1 saturated heterocycles. The van der Waals surface area contributed by atoms with E-state index in [4.69, 9.17) is 4.74 Å². The number of amides is 1. The van der Waals surface area contributed by atoms with Crippen LogP contribution in [0.25, 0.3) is 0 Å². The molecular formula is C17H20N2O2S. The van der Waals surface area contributed by atoms with Gasteiger partial charge in [0.2, 0.25) is 0 Å². The van der Waals surface area contributed by atoms with Crippen LogP contribution in [0, 0.1) is 0 Å². The molecular weight excluding hydrogens is 296 g/mol. The molecule has 1 amide bonds. The predicted molar refractivity (Wildman–Crippen MR) is 86.4 cm³/mol. The third-order valence-electron chi connectivity index (χ3n) is 4.01. The summed E-state index contributed by atoms with van der Waals surface area (Å²) in [6, 6.07) is 5.96. The van der Waals surface area contributed by atoms with E-state index in [2.05, 4.69) is 16.4 Å². The van der Waals surface area contributed by atoms with Crippen molar-refractivity contribution in [3.8, 4) is 0 Å². The van der Waals surface area contributed by atoms with Gasteiger partial charge in [-0.1, -0.05) is 6.07 Å². The summed E-state index contributed by atoms with van der Waals surface area (Å²) in [4.78, 5) is 19.0. The smallest absolute Gasteiger partial charge is 0.255 e. The van der Waals surface area contributed by atoms with E-state index in [1.165, 1.54) is 0 Å². The fourth-order valence-corrected chi connectivity index (χ4v) is 3.46. The van der Waals surface area contributed by atoms with Crippen LogP contribution in [0.5, 0.6) is 0 Å². The van der Waals surface area contributed by atoms with Gasteiger partial charge >= 0.3 is 0 Å². The molecule has 0 saturated carbocycles. The second kappa shape index (κ2) is 6.58. The largest absolute Gasteiger partial charge is 0.365 e. The minimum Gasteiger partial charge on any atom is -0.365 e. The third-order valence-corrected chi connectivity index (χ3v) is 4.74. The van der Waals surface area contributed by atoms with Crippen LogP contribution < -0.4 is 0 Å². The first-order valence-corrected chi connectivity index (χ1v) is 8.45. The number of hydrogen-bond donors (Lipinski definition) is 0. The maximum absolute atomic E-state index is 13.0. The highest BCUT2D eigenvalue weighted by Gasteiger charge is 2.40. The van der Waals surface area contributed by atoms with Crippen LogP contribution in [0.3, 0.4) is 0 Å². The molecule has 2 aromatic heterocycles. The fourth-order valence-electron chi connectivity index (χ4n) is 2.80. The molecule has 1 atom stereocenters. The van der Waals surface area contributed by atoms with Crippen molar-refractivity contribution in [2.45, 2.75) is 38.5 Å². The standard InChI is InChI=1S/C17H20N2O2S/c1-17(6-3-8-21-17)16(20)19(12-15-5-9-22-13-15)11-14-4-2-7-18-10-14/h2,4-5,7,9-10,13H,3,6,8,11-12H2,1H3/t17-/m1/s1. The van der Waals surface area contributed by atoms with Crippen LogP contribution in [0.1, 0.15) is 30.9 Å². The van der Waals surface area contributed by atoms with Gasteiger partial charge in [-0.25, -0.2) is 0 Å². The Labute approximate surface area is 134 Å². The van der Waals surface area contributed by atoms with E-state index < -0.39 is 5.60 Å². The quantitative estimate of drug-likeness (QED) is 0.850. The van der Waals surface area contributed by atoms with E-state index in [0.717, 1.165) is 24.0 Å². The fraction of sp³-hybridized carbons (Fsp3) is 0.412. The van der Waals surface area contributed by atoms with Gasteiger partial charge in [0.15, 0.2) is 0 Å². The van der Waals surface area contributed by atoms with E-state index in [-0.39, 0.29) is 5.91 Å². The minimum atomic E-state index is -0.682. The predicted octanol–water partition coefficient (Wildman–Crippen LogP) is 3.24. The molecule has 0 unspecified atom stereocenters. The molecule has 1 aliphatic heterocycles. The topological polar surface area (TPSA) is 42.4 Å². The highest BCUT2D eigenvalue weighted by molar-refractivity contribution is 7.07. The highest BCUT2D eigenvalue weighted by Crippen LogP contribution is 2.28. The van der Waals surface area contributed by atoms with Gasteiger partial charge in [0, 0.05) is 32.1 Å². The van der Waals surface area contributed by atoms with Crippen LogP contribution in [0.2, 0.25) is 0 Å². The Hall–Kier alpha value is -1.72. The summed E-state index contributed by atoms with van der Waals surface area (Å²) in [5.41, 5.74) is 1.51. The van der Waals surface area contributed by atoms with Crippen LogP contribution >= 0.6 is 11.3 Å². The molecule has 5 heteroatoms. The van der Waals surface area contributed by atoms with Gasteiger partial charge < -0.3 is 9.64 Å². The lowest BCUT2D eigenvalue weighted by Gasteiger charge is -2.31. The van der Waals surface area contributed by atoms with Gasteiger partial charge in [-0.15, -0.1) is 0 Å². The van der Waals surface area contributed by atoms with Gasteiger partial charge in [0.1, 0.15) is 5.60 Å². The van der Waals surface area contributed by atoms with Crippen LogP contribution in [0.15, 0.2) is 41.4 Å². The molecule has 1 aliphatic rings. The minimum absolute atomic E-state index is 0.0695. The van der Waals surface area contributed by atoms with E-state index in [1.807, 2.05) is 35.5 Å². The average molecular weight is 316 g/mol. The van der Waals surface area contributed by atoms with Gasteiger partial charge in [-0.05, 0) is 53.8 Å². The normalized spacial score (nSPS) is 21.0. The van der Waals surface area contributed by atoms with Crippen molar-refractivity contribution in [2.75, 3.05) is 6.61 Å². The number of thiophene rings is 1. The van der Waals surface area contributed by atoms with Crippen molar-refractivity contribution in [3.05, 3.63) is 52.5 Å². The first kappa shape index (κ1) is 15.2. The van der Waals surface area contributed by atoms with E-state index >= 15 is 0 Å². The van der Waals surface area contributed by atoms with Crippen molar-refractivity contribution < 1.29 is 9.53 Å². The SMILES string of the molecule is C[C@]1(C(=O)N(Cc2cccnc2)Cc2ccsc2)CCCO1. The molecule has 0 bridgehead atoms. The van der Waals surface area contributed by atoms with Gasteiger partial charge in [0.25, 0.3) is 5.91 Å². The monoisotopic (exact) mass is 316 g/mol. The highest BCUT2D eigenvalue weighted by atomic mass is 32.1. The van der Waals surface area contributed by atoms with E-state index in [0.29, 0.717) is 19.7 Å². The molecule has 4 nitrogen and oxygen atoms in total. The molecule has 0 spiro atoms. The Bertz CT molecular complexity index is 607. The molecule has 0 aromatic carbocycles. The second-order valence-corrected chi connectivity index (χ2v) is 6.62. The van der Waals surface area contributed by atoms with E-state index in [9.17, 15) is 4.79 Å². The van der Waals surface area contributed by atoms with Gasteiger partial charge in [0.05, 0.1) is 0 Å². The van der Waals surface area contributed by atoms with Crippen molar-refractivity contribution in [2.24, 2.45) is 0 Å². The Morgan fingerprint density at radius 2 is 2.27 bits per heavy atom. The molecule has 0 aliphatic carbocycles. The number of ether oxygens (including phenoxy) is 1. The lowest BCUT2D eigenvalue weighted by molar-refractivity contribution is -0.152. The second-order valence-electron chi connectivity index (χ2n) is 5.84. The first-order chi connectivity index (χ1) is 10.7. The van der Waals surface area contributed by atoms with Crippen molar-refractivity contribution in [3.63, 3.8) is 0 Å². The molecule has 0 N–H and O–H groups in total. The maximum Gasteiger partial charge on any atom is 0.255 e. The van der Waals surface area contributed by atoms with Crippen molar-refractivity contribution in [1.82, 2.24) is 9.88 Å². The van der Waals surface area contributed by atoms with E-state index in [1.54, 1.807) is 17.5 Å². The summed E-state index contributed by atoms with van der Waals surface area (Å²) in [6.07, 6.45) is 5.29. The molecule has 0 radical (unpaired) electrons. The Balaban J connectivity index is 1.80. The number of rotatable bonds is 5. The van der Waals surface area contributed by atoms with Crippen LogP contribution in [-0.4, -0.2) is 28.0 Å². The lowest BCUT2D eigenvalue weighted by Crippen LogP contribution is -2.46. The molecule has 3 heterocycles. The maximum atomic E-state index is 13.0. The van der Waals surface area contributed by atoms with Crippen molar-refractivity contribution in [1.29, 1.82) is 0 Å². The zero-order valence-electron chi connectivity index (χ0n) is 12.7. The van der Waals surface area contributed by atoms with Crippen LogP contribution in [-0.2, 0) is 22.6 Å². The number of carbonyl (C=O) groups excluding carboxylic acids is 1. The number of carbonyl (C=O) groups is 1. The molecule has 1 fully saturated rings. The Kier molecular flexibility index (Phi) is 4.55. The summed E-state index contributed by atoms with van der Waals surface area (Å²) >= 11 is 1.65. The molecule has 116 valence electrons. The number of hydrogen-bond acceptors (Lipinski definition) is 4. The van der Waals surface area contributed by atoms with Gasteiger partial charge in [-0.3, -0.25) is 9.78 Å². The summed E-state index contributed by atoms with van der Waals surface area (Å²) in [6.45, 7) is 3.74. The third kappa shape index (κ3) is 3.36. The molecule has 2 aromatic rings. The molecule has 3 rings (SSSR count).